The van der Waals surface area contributed by atoms with Crippen LogP contribution in [0.25, 0.3) is 22.7 Å². The lowest BCUT2D eigenvalue weighted by Gasteiger charge is -1.92. The third kappa shape index (κ3) is 1.47. The van der Waals surface area contributed by atoms with E-state index in [9.17, 15) is 4.79 Å². The van der Waals surface area contributed by atoms with E-state index in [1.165, 1.54) is 6.33 Å². The summed E-state index contributed by atoms with van der Waals surface area (Å²) in [6.07, 6.45) is 1.30. The number of imidazole rings is 2. The highest BCUT2D eigenvalue weighted by Gasteiger charge is 2.17. The standard InChI is InChI=1S/C10H8N6O2/c11-5-2-1-4-8(15-5)16-9(14-4)6-7(10(17)18)13-3-12-6/h1-3H,(H,12,13)(H,17,18)(H3,11,14,15,16). The second kappa shape index (κ2) is 3.55. The fraction of sp³-hybridized carbons (Fsp3) is 0. The number of nitrogens with one attached hydrogen (secondary N) is 2. The number of nitrogen functional groups attached to an aromatic ring is 1. The Kier molecular flexibility index (Phi) is 2.03. The van der Waals surface area contributed by atoms with Crippen molar-refractivity contribution in [1.82, 2.24) is 24.9 Å². The number of anilines is 1. The zero-order chi connectivity index (χ0) is 12.7. The van der Waals surface area contributed by atoms with Crippen LogP contribution in [0.1, 0.15) is 10.5 Å². The van der Waals surface area contributed by atoms with Crippen LogP contribution in [-0.4, -0.2) is 36.0 Å². The number of pyridine rings is 1. The maximum atomic E-state index is 11.0. The molecule has 5 N–H and O–H groups in total. The zero-order valence-electron chi connectivity index (χ0n) is 9.01. The first-order valence-corrected chi connectivity index (χ1v) is 5.04. The maximum Gasteiger partial charge on any atom is 0.354 e. The predicted octanol–water partition coefficient (Wildman–Crippen LogP) is 0.628. The van der Waals surface area contributed by atoms with Crippen molar-refractivity contribution >= 4 is 23.0 Å². The molecular weight excluding hydrogens is 236 g/mol. The largest absolute Gasteiger partial charge is 0.477 e. The first kappa shape index (κ1) is 10.3. The minimum absolute atomic E-state index is 0.0259. The van der Waals surface area contributed by atoms with Gasteiger partial charge < -0.3 is 20.8 Å². The van der Waals surface area contributed by atoms with Crippen molar-refractivity contribution in [3.8, 4) is 11.5 Å². The zero-order valence-corrected chi connectivity index (χ0v) is 9.01. The van der Waals surface area contributed by atoms with Crippen LogP contribution in [0, 0.1) is 0 Å². The molecule has 0 unspecified atom stereocenters. The number of rotatable bonds is 2. The molecule has 0 aromatic carbocycles. The van der Waals surface area contributed by atoms with E-state index in [2.05, 4.69) is 24.9 Å². The summed E-state index contributed by atoms with van der Waals surface area (Å²) in [5, 5.41) is 8.99. The molecule has 0 saturated carbocycles. The molecule has 3 aromatic heterocycles. The van der Waals surface area contributed by atoms with Gasteiger partial charge in [0.25, 0.3) is 0 Å². The van der Waals surface area contributed by atoms with Crippen LogP contribution in [0.2, 0.25) is 0 Å². The molecule has 18 heavy (non-hydrogen) atoms. The third-order valence-electron chi connectivity index (χ3n) is 2.44. The van der Waals surface area contributed by atoms with Crippen molar-refractivity contribution in [3.63, 3.8) is 0 Å². The van der Waals surface area contributed by atoms with Gasteiger partial charge in [-0.05, 0) is 12.1 Å². The number of nitrogens with two attached hydrogens (primary N) is 1. The fourth-order valence-electron chi connectivity index (χ4n) is 1.66. The van der Waals surface area contributed by atoms with Crippen LogP contribution in [0.15, 0.2) is 18.5 Å². The molecule has 3 heterocycles. The highest BCUT2D eigenvalue weighted by molar-refractivity contribution is 5.92. The molecule has 8 nitrogen and oxygen atoms in total. The van der Waals surface area contributed by atoms with Crippen LogP contribution in [0.5, 0.6) is 0 Å². The minimum Gasteiger partial charge on any atom is -0.477 e. The van der Waals surface area contributed by atoms with Gasteiger partial charge in [-0.2, -0.15) is 0 Å². The van der Waals surface area contributed by atoms with Gasteiger partial charge in [-0.25, -0.2) is 19.7 Å². The molecule has 0 aliphatic rings. The van der Waals surface area contributed by atoms with Crippen molar-refractivity contribution in [2.24, 2.45) is 0 Å². The van der Waals surface area contributed by atoms with Crippen LogP contribution < -0.4 is 5.73 Å². The second-order valence-electron chi connectivity index (χ2n) is 3.62. The van der Waals surface area contributed by atoms with E-state index in [4.69, 9.17) is 10.8 Å². The number of hydrogen-bond acceptors (Lipinski definition) is 5. The van der Waals surface area contributed by atoms with E-state index in [0.29, 0.717) is 22.8 Å². The number of fused-ring (bicyclic) bond motifs is 1. The number of aromatic carboxylic acids is 1. The number of carboxylic acids is 1. The van der Waals surface area contributed by atoms with Crippen LogP contribution in [-0.2, 0) is 0 Å². The summed E-state index contributed by atoms with van der Waals surface area (Å²) in [5.41, 5.74) is 6.84. The van der Waals surface area contributed by atoms with Crippen molar-refractivity contribution in [1.29, 1.82) is 0 Å². The van der Waals surface area contributed by atoms with Gasteiger partial charge in [0, 0.05) is 0 Å². The maximum absolute atomic E-state index is 11.0. The van der Waals surface area contributed by atoms with Gasteiger partial charge in [0.1, 0.15) is 11.5 Å². The molecule has 0 radical (unpaired) electrons. The summed E-state index contributed by atoms with van der Waals surface area (Å²) in [7, 11) is 0. The highest BCUT2D eigenvalue weighted by Crippen LogP contribution is 2.20. The summed E-state index contributed by atoms with van der Waals surface area (Å²) in [6, 6.07) is 3.36. The molecule has 3 aromatic rings. The SMILES string of the molecule is Nc1ccc2[nH]c(-c3nc[nH]c3C(=O)O)nc2n1. The smallest absolute Gasteiger partial charge is 0.354 e. The average Bonchev–Trinajstić information content (AvgIpc) is 2.93. The Morgan fingerprint density at radius 3 is 2.94 bits per heavy atom. The van der Waals surface area contributed by atoms with E-state index >= 15 is 0 Å². The Bertz CT molecular complexity index is 744. The van der Waals surface area contributed by atoms with E-state index in [1.54, 1.807) is 12.1 Å². The number of aromatic nitrogens is 5. The van der Waals surface area contributed by atoms with Gasteiger partial charge in [-0.3, -0.25) is 0 Å². The second-order valence-corrected chi connectivity index (χ2v) is 3.62. The normalized spacial score (nSPS) is 10.9. The van der Waals surface area contributed by atoms with Gasteiger partial charge in [-0.15, -0.1) is 0 Å². The minimum atomic E-state index is -1.10. The molecule has 0 atom stereocenters. The number of aromatic amines is 2. The highest BCUT2D eigenvalue weighted by atomic mass is 16.4. The lowest BCUT2D eigenvalue weighted by molar-refractivity contribution is 0.0692. The molecule has 0 bridgehead atoms. The Morgan fingerprint density at radius 2 is 2.17 bits per heavy atom. The number of carboxylic acid groups (broad SMARTS) is 1. The van der Waals surface area contributed by atoms with Gasteiger partial charge in [0.15, 0.2) is 17.2 Å². The molecule has 0 fully saturated rings. The summed E-state index contributed by atoms with van der Waals surface area (Å²) in [5.74, 6) is -0.418. The van der Waals surface area contributed by atoms with E-state index in [-0.39, 0.29) is 11.4 Å². The molecule has 0 aliphatic heterocycles. The predicted molar refractivity (Wildman–Crippen MR) is 62.8 cm³/mol. The molecule has 90 valence electrons. The molecule has 8 heteroatoms. The van der Waals surface area contributed by atoms with Crippen molar-refractivity contribution in [2.45, 2.75) is 0 Å². The summed E-state index contributed by atoms with van der Waals surface area (Å²) in [4.78, 5) is 28.6. The number of H-pyrrole nitrogens is 2. The van der Waals surface area contributed by atoms with Crippen LogP contribution in [0.4, 0.5) is 5.82 Å². The first-order chi connectivity index (χ1) is 8.65. The van der Waals surface area contributed by atoms with Gasteiger partial charge in [0.2, 0.25) is 0 Å². The Morgan fingerprint density at radius 1 is 1.33 bits per heavy atom. The molecule has 0 amide bonds. The lowest BCUT2D eigenvalue weighted by Crippen LogP contribution is -1.99. The topological polar surface area (TPSA) is 134 Å². The Balaban J connectivity index is 2.19. The number of hydrogen-bond donors (Lipinski definition) is 4. The van der Waals surface area contributed by atoms with E-state index in [0.717, 1.165) is 0 Å². The van der Waals surface area contributed by atoms with E-state index < -0.39 is 5.97 Å². The van der Waals surface area contributed by atoms with Crippen molar-refractivity contribution in [2.75, 3.05) is 5.73 Å². The first-order valence-electron chi connectivity index (χ1n) is 5.04. The van der Waals surface area contributed by atoms with Gasteiger partial charge in [0.05, 0.1) is 11.8 Å². The van der Waals surface area contributed by atoms with Crippen molar-refractivity contribution in [3.05, 3.63) is 24.2 Å². The number of nitrogens with zero attached hydrogens (tertiary/aromatic N) is 3. The molecule has 0 saturated heterocycles. The van der Waals surface area contributed by atoms with Crippen molar-refractivity contribution < 1.29 is 9.90 Å². The lowest BCUT2D eigenvalue weighted by atomic mass is 10.3. The third-order valence-corrected chi connectivity index (χ3v) is 2.44. The monoisotopic (exact) mass is 244 g/mol. The Labute approximate surface area is 99.9 Å². The Hall–Kier alpha value is -2.90. The van der Waals surface area contributed by atoms with Crippen LogP contribution >= 0.6 is 0 Å². The van der Waals surface area contributed by atoms with E-state index in [1.807, 2.05) is 0 Å². The quantitative estimate of drug-likeness (QED) is 0.522. The van der Waals surface area contributed by atoms with Gasteiger partial charge >= 0.3 is 5.97 Å². The fourth-order valence-corrected chi connectivity index (χ4v) is 1.66. The average molecular weight is 244 g/mol. The van der Waals surface area contributed by atoms with Gasteiger partial charge in [-0.1, -0.05) is 0 Å². The number of carbonyl (C=O) groups is 1. The molecular formula is C10H8N6O2. The molecule has 3 rings (SSSR count). The summed E-state index contributed by atoms with van der Waals surface area (Å²) >= 11 is 0. The molecule has 0 spiro atoms. The van der Waals surface area contributed by atoms with Crippen LogP contribution in [0.3, 0.4) is 0 Å². The summed E-state index contributed by atoms with van der Waals surface area (Å²) in [6.45, 7) is 0. The molecule has 0 aliphatic carbocycles. The summed E-state index contributed by atoms with van der Waals surface area (Å²) < 4.78 is 0.